The molecule has 5 nitrogen and oxygen atoms in total. The molecule has 0 heterocycles. The third-order valence-electron chi connectivity index (χ3n) is 3.04. The molecule has 142 valence electrons. The molecular formula is C20H19I2NO4. The van der Waals surface area contributed by atoms with Crippen molar-refractivity contribution < 1.29 is 19.8 Å². The number of hydrogen-bond donors (Lipinski definition) is 3. The predicted molar refractivity (Wildman–Crippen MR) is 124 cm³/mol. The van der Waals surface area contributed by atoms with Crippen molar-refractivity contribution in [3.8, 4) is 0 Å². The quantitative estimate of drug-likeness (QED) is 0.353. The molecule has 2 rings (SSSR count). The van der Waals surface area contributed by atoms with E-state index in [1.807, 2.05) is 48.5 Å². The maximum absolute atomic E-state index is 11.2. The van der Waals surface area contributed by atoms with Crippen LogP contribution in [0.4, 0.5) is 0 Å². The van der Waals surface area contributed by atoms with Gasteiger partial charge in [0, 0.05) is 25.8 Å². The van der Waals surface area contributed by atoms with Crippen LogP contribution in [0.25, 0.3) is 12.2 Å². The zero-order chi connectivity index (χ0) is 20.1. The summed E-state index contributed by atoms with van der Waals surface area (Å²) in [5.41, 5.74) is 1.94. The SMILES string of the molecule is O=C(/C=C/c1ccccc1I)NCCO.O=C(O)/C=C/c1ccccc1I. The Morgan fingerprint density at radius 1 is 0.889 bits per heavy atom. The average molecular weight is 591 g/mol. The van der Waals surface area contributed by atoms with Crippen LogP contribution in [0.2, 0.25) is 0 Å². The topological polar surface area (TPSA) is 86.6 Å². The molecule has 2 aromatic rings. The molecule has 0 aliphatic heterocycles. The summed E-state index contributed by atoms with van der Waals surface area (Å²) in [5, 5.41) is 19.4. The number of amides is 1. The highest BCUT2D eigenvalue weighted by atomic mass is 127. The Kier molecular flexibility index (Phi) is 11.6. The number of aliphatic hydroxyl groups is 1. The number of nitrogens with one attached hydrogen (secondary N) is 1. The zero-order valence-electron chi connectivity index (χ0n) is 14.3. The van der Waals surface area contributed by atoms with Gasteiger partial charge in [0.1, 0.15) is 0 Å². The standard InChI is InChI=1S/C11H12INO2.C9H7IO2/c12-10-4-2-1-3-9(10)5-6-11(15)13-7-8-14;10-8-4-2-1-3-7(8)5-6-9(11)12/h1-6,14H,7-8H2,(H,13,15);1-6H,(H,11,12)/b2*6-5+. The second kappa shape index (κ2) is 13.4. The molecule has 0 radical (unpaired) electrons. The highest BCUT2D eigenvalue weighted by molar-refractivity contribution is 14.1. The number of carbonyl (C=O) groups is 2. The molecule has 0 atom stereocenters. The van der Waals surface area contributed by atoms with E-state index in [1.54, 1.807) is 12.2 Å². The second-order valence-electron chi connectivity index (χ2n) is 5.06. The molecule has 0 saturated carbocycles. The Hall–Kier alpha value is -1.72. The smallest absolute Gasteiger partial charge is 0.328 e. The Bertz CT molecular complexity index is 819. The van der Waals surface area contributed by atoms with Crippen LogP contribution in [0.5, 0.6) is 0 Å². The minimum Gasteiger partial charge on any atom is -0.478 e. The van der Waals surface area contributed by atoms with E-state index in [2.05, 4.69) is 50.5 Å². The predicted octanol–water partition coefficient (Wildman–Crippen LogP) is 3.80. The summed E-state index contributed by atoms with van der Waals surface area (Å²) < 4.78 is 2.15. The maximum atomic E-state index is 11.2. The number of hydrogen-bond acceptors (Lipinski definition) is 3. The largest absolute Gasteiger partial charge is 0.478 e. The van der Waals surface area contributed by atoms with Crippen molar-refractivity contribution in [2.24, 2.45) is 0 Å². The third kappa shape index (κ3) is 10.3. The summed E-state index contributed by atoms with van der Waals surface area (Å²) in [6, 6.07) is 15.4. The third-order valence-corrected chi connectivity index (χ3v) is 5.01. The zero-order valence-corrected chi connectivity index (χ0v) is 18.6. The summed E-state index contributed by atoms with van der Waals surface area (Å²) in [5.74, 6) is -1.11. The molecule has 2 aromatic carbocycles. The lowest BCUT2D eigenvalue weighted by molar-refractivity contribution is -0.131. The number of carboxylic acid groups (broad SMARTS) is 1. The van der Waals surface area contributed by atoms with E-state index in [1.165, 1.54) is 6.08 Å². The molecule has 0 aliphatic carbocycles. The van der Waals surface area contributed by atoms with E-state index in [0.717, 1.165) is 24.3 Å². The summed E-state index contributed by atoms with van der Waals surface area (Å²) in [6.45, 7) is 0.248. The fraction of sp³-hybridized carbons (Fsp3) is 0.100. The number of benzene rings is 2. The molecule has 0 unspecified atom stereocenters. The van der Waals surface area contributed by atoms with Crippen LogP contribution in [-0.2, 0) is 9.59 Å². The van der Waals surface area contributed by atoms with Gasteiger partial charge in [-0.15, -0.1) is 0 Å². The van der Waals surface area contributed by atoms with Crippen LogP contribution in [0.1, 0.15) is 11.1 Å². The first-order valence-corrected chi connectivity index (χ1v) is 10.1. The van der Waals surface area contributed by atoms with E-state index >= 15 is 0 Å². The minimum absolute atomic E-state index is 0.0392. The van der Waals surface area contributed by atoms with Crippen LogP contribution < -0.4 is 5.32 Å². The van der Waals surface area contributed by atoms with E-state index in [0.29, 0.717) is 0 Å². The van der Waals surface area contributed by atoms with Crippen LogP contribution in [0, 0.1) is 7.14 Å². The highest BCUT2D eigenvalue weighted by Crippen LogP contribution is 2.13. The van der Waals surface area contributed by atoms with E-state index in [-0.39, 0.29) is 19.1 Å². The van der Waals surface area contributed by atoms with E-state index in [9.17, 15) is 9.59 Å². The van der Waals surface area contributed by atoms with Crippen molar-refractivity contribution in [1.82, 2.24) is 5.32 Å². The second-order valence-corrected chi connectivity index (χ2v) is 7.39. The number of carbonyl (C=O) groups excluding carboxylic acids is 1. The Morgan fingerprint density at radius 2 is 1.37 bits per heavy atom. The van der Waals surface area contributed by atoms with Gasteiger partial charge in [0.05, 0.1) is 6.61 Å². The average Bonchev–Trinajstić information content (AvgIpc) is 2.65. The van der Waals surface area contributed by atoms with Crippen molar-refractivity contribution >= 4 is 69.2 Å². The molecule has 0 fully saturated rings. The van der Waals surface area contributed by atoms with Crippen molar-refractivity contribution in [3.63, 3.8) is 0 Å². The molecule has 0 spiro atoms. The van der Waals surface area contributed by atoms with Crippen LogP contribution >= 0.6 is 45.2 Å². The molecule has 3 N–H and O–H groups in total. The first kappa shape index (κ1) is 23.3. The summed E-state index contributed by atoms with van der Waals surface area (Å²) in [7, 11) is 0. The van der Waals surface area contributed by atoms with Gasteiger partial charge < -0.3 is 15.5 Å². The monoisotopic (exact) mass is 591 g/mol. The van der Waals surface area contributed by atoms with Gasteiger partial charge in [-0.2, -0.15) is 0 Å². The van der Waals surface area contributed by atoms with Crippen LogP contribution in [0.15, 0.2) is 60.7 Å². The molecule has 0 aliphatic rings. The van der Waals surface area contributed by atoms with Gasteiger partial charge in [0.2, 0.25) is 5.91 Å². The Labute approximate surface area is 185 Å². The highest BCUT2D eigenvalue weighted by Gasteiger charge is 1.96. The lowest BCUT2D eigenvalue weighted by atomic mass is 10.2. The maximum Gasteiger partial charge on any atom is 0.328 e. The number of aliphatic carboxylic acids is 1. The molecule has 0 bridgehead atoms. The van der Waals surface area contributed by atoms with Gasteiger partial charge in [-0.3, -0.25) is 4.79 Å². The van der Waals surface area contributed by atoms with Crippen molar-refractivity contribution in [3.05, 3.63) is 79.0 Å². The van der Waals surface area contributed by atoms with E-state index < -0.39 is 5.97 Å². The minimum atomic E-state index is -0.922. The normalized spacial score (nSPS) is 10.5. The molecule has 27 heavy (non-hydrogen) atoms. The van der Waals surface area contributed by atoms with Crippen molar-refractivity contribution in [1.29, 1.82) is 0 Å². The van der Waals surface area contributed by atoms with Gasteiger partial charge in [-0.1, -0.05) is 36.4 Å². The van der Waals surface area contributed by atoms with Gasteiger partial charge in [0.15, 0.2) is 0 Å². The number of halogens is 2. The summed E-state index contributed by atoms with van der Waals surface area (Å²) in [4.78, 5) is 21.4. The van der Waals surface area contributed by atoms with Gasteiger partial charge in [-0.25, -0.2) is 4.79 Å². The Balaban J connectivity index is 0.000000277. The molecule has 0 aromatic heterocycles. The lowest BCUT2D eigenvalue weighted by Crippen LogP contribution is -2.24. The molecule has 7 heteroatoms. The van der Waals surface area contributed by atoms with Crippen molar-refractivity contribution in [2.45, 2.75) is 0 Å². The van der Waals surface area contributed by atoms with E-state index in [4.69, 9.17) is 10.2 Å². The number of aliphatic hydroxyl groups excluding tert-OH is 1. The molecular weight excluding hydrogens is 572 g/mol. The fourth-order valence-corrected chi connectivity index (χ4v) is 2.92. The van der Waals surface area contributed by atoms with Crippen molar-refractivity contribution in [2.75, 3.05) is 13.2 Å². The van der Waals surface area contributed by atoms with Crippen LogP contribution in [0.3, 0.4) is 0 Å². The first-order valence-electron chi connectivity index (χ1n) is 7.91. The number of rotatable bonds is 6. The van der Waals surface area contributed by atoms with Gasteiger partial charge >= 0.3 is 5.97 Å². The first-order chi connectivity index (χ1) is 12.9. The van der Waals surface area contributed by atoms with Crippen LogP contribution in [-0.4, -0.2) is 35.2 Å². The summed E-state index contributed by atoms with van der Waals surface area (Å²) >= 11 is 4.38. The molecule has 1 amide bonds. The molecule has 0 saturated heterocycles. The van der Waals surface area contributed by atoms with Gasteiger partial charge in [-0.05, 0) is 80.6 Å². The summed E-state index contributed by atoms with van der Waals surface area (Å²) in [6.07, 6.45) is 5.95. The van der Waals surface area contributed by atoms with Gasteiger partial charge in [0.25, 0.3) is 0 Å². The Morgan fingerprint density at radius 3 is 1.81 bits per heavy atom. The fourth-order valence-electron chi connectivity index (χ4n) is 1.79. The lowest BCUT2D eigenvalue weighted by Gasteiger charge is -1.98. The number of carboxylic acids is 1.